The van der Waals surface area contributed by atoms with Gasteiger partial charge in [0.1, 0.15) is 12.6 Å². The normalized spacial score (nSPS) is 13.7. The lowest BCUT2D eigenvalue weighted by atomic mass is 9.94. The number of aliphatic carboxylic acids is 1. The molecule has 0 saturated heterocycles. The molecule has 0 amide bonds. The second-order valence-electron chi connectivity index (χ2n) is 12.0. The van der Waals surface area contributed by atoms with Crippen molar-refractivity contribution in [2.24, 2.45) is 5.92 Å². The molecule has 210 valence electrons. The van der Waals surface area contributed by atoms with Crippen LogP contribution in [0.3, 0.4) is 0 Å². The lowest BCUT2D eigenvalue weighted by Gasteiger charge is -2.32. The summed E-state index contributed by atoms with van der Waals surface area (Å²) >= 11 is 0. The molecule has 0 aliphatic rings. The summed E-state index contributed by atoms with van der Waals surface area (Å²) < 4.78 is 7.00. The SMILES string of the molecule is CCCCCCCCCCCCOC(C[N+](C)(C)C)C(CCCCCCCCCCCC)C(=O)O. The molecule has 0 fully saturated rings. The van der Waals surface area contributed by atoms with E-state index in [1.165, 1.54) is 109 Å². The molecule has 0 rings (SSSR count). The summed E-state index contributed by atoms with van der Waals surface area (Å²) in [6.07, 6.45) is 26.4. The molecule has 2 unspecified atom stereocenters. The van der Waals surface area contributed by atoms with Crippen molar-refractivity contribution < 1.29 is 19.1 Å². The van der Waals surface area contributed by atoms with Crippen molar-refractivity contribution in [3.63, 3.8) is 0 Å². The zero-order chi connectivity index (χ0) is 26.2. The Morgan fingerprint density at radius 2 is 1.00 bits per heavy atom. The molecule has 0 aromatic heterocycles. The molecule has 0 bridgehead atoms. The Bertz CT molecular complexity index is 461. The van der Waals surface area contributed by atoms with Gasteiger partial charge < -0.3 is 14.3 Å². The third kappa shape index (κ3) is 23.5. The van der Waals surface area contributed by atoms with Gasteiger partial charge in [-0.15, -0.1) is 0 Å². The number of nitrogens with zero attached hydrogens (tertiary/aromatic N) is 1. The van der Waals surface area contributed by atoms with Crippen molar-refractivity contribution in [2.75, 3.05) is 34.3 Å². The molecule has 1 N–H and O–H groups in total. The van der Waals surface area contributed by atoms with Crippen LogP contribution in [-0.2, 0) is 9.53 Å². The lowest BCUT2D eigenvalue weighted by molar-refractivity contribution is -0.874. The first-order valence-electron chi connectivity index (χ1n) is 15.5. The first-order valence-corrected chi connectivity index (χ1v) is 15.5. The molecule has 0 aromatic carbocycles. The van der Waals surface area contributed by atoms with E-state index in [0.29, 0.717) is 6.61 Å². The van der Waals surface area contributed by atoms with Gasteiger partial charge in [-0.1, -0.05) is 136 Å². The molecule has 4 heteroatoms. The summed E-state index contributed by atoms with van der Waals surface area (Å²) in [6, 6.07) is 0. The number of rotatable bonds is 27. The highest BCUT2D eigenvalue weighted by atomic mass is 16.5. The second-order valence-corrected chi connectivity index (χ2v) is 12.0. The highest BCUT2D eigenvalue weighted by Gasteiger charge is 2.32. The molecular formula is C31H64NO3+. The maximum atomic E-state index is 12.1. The van der Waals surface area contributed by atoms with Crippen molar-refractivity contribution in [1.29, 1.82) is 0 Å². The largest absolute Gasteiger partial charge is 0.481 e. The van der Waals surface area contributed by atoms with E-state index >= 15 is 0 Å². The summed E-state index contributed by atoms with van der Waals surface area (Å²) in [4.78, 5) is 12.1. The smallest absolute Gasteiger partial charge is 0.309 e. The van der Waals surface area contributed by atoms with E-state index in [1.54, 1.807) is 0 Å². The molecular weight excluding hydrogens is 434 g/mol. The predicted octanol–water partition coefficient (Wildman–Crippen LogP) is 9.01. The van der Waals surface area contributed by atoms with E-state index in [0.717, 1.165) is 36.7 Å². The van der Waals surface area contributed by atoms with Gasteiger partial charge in [-0.3, -0.25) is 4.79 Å². The second kappa shape index (κ2) is 23.8. The molecule has 0 spiro atoms. The van der Waals surface area contributed by atoms with Gasteiger partial charge in [0.05, 0.1) is 27.1 Å². The first kappa shape index (κ1) is 34.4. The van der Waals surface area contributed by atoms with Crippen LogP contribution in [0.4, 0.5) is 0 Å². The summed E-state index contributed by atoms with van der Waals surface area (Å²) in [5, 5.41) is 9.97. The van der Waals surface area contributed by atoms with Crippen LogP contribution in [0.5, 0.6) is 0 Å². The standard InChI is InChI=1S/C31H63NO3/c1-6-8-10-12-14-16-18-20-22-24-26-29(31(33)34)30(28-32(3,4)5)35-27-25-23-21-19-17-15-13-11-9-7-2/h29-30H,6-28H2,1-5H3/p+1. The number of ether oxygens (including phenoxy) is 1. The molecule has 35 heavy (non-hydrogen) atoms. The summed E-state index contributed by atoms with van der Waals surface area (Å²) in [5.41, 5.74) is 0. The molecule has 0 aromatic rings. The Kier molecular flexibility index (Phi) is 23.4. The average molecular weight is 499 g/mol. The zero-order valence-electron chi connectivity index (χ0n) is 24.6. The molecule has 2 atom stereocenters. The number of carbonyl (C=O) groups is 1. The topological polar surface area (TPSA) is 46.5 Å². The van der Waals surface area contributed by atoms with Crippen LogP contribution in [-0.4, -0.2) is 56.0 Å². The summed E-state index contributed by atoms with van der Waals surface area (Å²) in [5.74, 6) is -1.06. The Balaban J connectivity index is 4.19. The predicted molar refractivity (Wildman–Crippen MR) is 152 cm³/mol. The van der Waals surface area contributed by atoms with Crippen molar-refractivity contribution in [3.05, 3.63) is 0 Å². The third-order valence-corrected chi connectivity index (χ3v) is 7.19. The number of unbranched alkanes of at least 4 members (excludes halogenated alkanes) is 18. The van der Waals surface area contributed by atoms with Gasteiger partial charge in [0.25, 0.3) is 0 Å². The number of likely N-dealkylation sites (N-methyl/N-ethyl adjacent to an activating group) is 1. The fourth-order valence-electron chi connectivity index (χ4n) is 4.98. The molecule has 4 nitrogen and oxygen atoms in total. The Morgan fingerprint density at radius 3 is 1.37 bits per heavy atom. The maximum Gasteiger partial charge on any atom is 0.309 e. The van der Waals surface area contributed by atoms with Crippen molar-refractivity contribution in [2.45, 2.75) is 155 Å². The van der Waals surface area contributed by atoms with Crippen molar-refractivity contribution in [1.82, 2.24) is 0 Å². The van der Waals surface area contributed by atoms with Crippen LogP contribution in [0.2, 0.25) is 0 Å². The number of carboxylic acids is 1. The van der Waals surface area contributed by atoms with Gasteiger partial charge in [0.15, 0.2) is 0 Å². The van der Waals surface area contributed by atoms with Crippen LogP contribution in [0.15, 0.2) is 0 Å². The van der Waals surface area contributed by atoms with Crippen LogP contribution in [0, 0.1) is 5.92 Å². The Labute approximate surface area is 220 Å². The fraction of sp³-hybridized carbons (Fsp3) is 0.968. The van der Waals surface area contributed by atoms with Crippen LogP contribution < -0.4 is 0 Å². The Morgan fingerprint density at radius 1 is 0.629 bits per heavy atom. The van der Waals surface area contributed by atoms with E-state index in [-0.39, 0.29) is 12.0 Å². The first-order chi connectivity index (χ1) is 16.8. The minimum absolute atomic E-state index is 0.190. The van der Waals surface area contributed by atoms with Crippen molar-refractivity contribution in [3.8, 4) is 0 Å². The van der Waals surface area contributed by atoms with E-state index in [1.807, 2.05) is 0 Å². The minimum atomic E-state index is -0.678. The van der Waals surface area contributed by atoms with Gasteiger partial charge in [-0.2, -0.15) is 0 Å². The van der Waals surface area contributed by atoms with E-state index in [4.69, 9.17) is 4.74 Å². The molecule has 0 saturated carbocycles. The molecule has 0 aliphatic carbocycles. The fourth-order valence-corrected chi connectivity index (χ4v) is 4.98. The lowest BCUT2D eigenvalue weighted by Crippen LogP contribution is -2.47. The minimum Gasteiger partial charge on any atom is -0.481 e. The summed E-state index contributed by atoms with van der Waals surface area (Å²) in [7, 11) is 6.41. The molecule has 0 radical (unpaired) electrons. The van der Waals surface area contributed by atoms with Crippen LogP contribution in [0.1, 0.15) is 149 Å². The molecule has 0 heterocycles. The number of hydrogen-bond donors (Lipinski definition) is 1. The number of hydrogen-bond acceptors (Lipinski definition) is 2. The monoisotopic (exact) mass is 498 g/mol. The highest BCUT2D eigenvalue weighted by Crippen LogP contribution is 2.21. The quantitative estimate of drug-likeness (QED) is 0.0907. The summed E-state index contributed by atoms with van der Waals surface area (Å²) in [6.45, 7) is 5.98. The maximum absolute atomic E-state index is 12.1. The van der Waals surface area contributed by atoms with Gasteiger partial charge in [0, 0.05) is 6.61 Å². The van der Waals surface area contributed by atoms with Crippen LogP contribution >= 0.6 is 0 Å². The van der Waals surface area contributed by atoms with Gasteiger partial charge in [0.2, 0.25) is 0 Å². The Hall–Kier alpha value is -0.610. The van der Waals surface area contributed by atoms with E-state index < -0.39 is 5.97 Å². The number of quaternary nitrogens is 1. The number of carboxylic acid groups (broad SMARTS) is 1. The van der Waals surface area contributed by atoms with E-state index in [9.17, 15) is 9.90 Å². The molecule has 0 aliphatic heterocycles. The van der Waals surface area contributed by atoms with Crippen molar-refractivity contribution >= 4 is 5.97 Å². The van der Waals surface area contributed by atoms with Gasteiger partial charge in [-0.25, -0.2) is 0 Å². The van der Waals surface area contributed by atoms with E-state index in [2.05, 4.69) is 35.0 Å². The van der Waals surface area contributed by atoms with Gasteiger partial charge in [-0.05, 0) is 12.8 Å². The highest BCUT2D eigenvalue weighted by molar-refractivity contribution is 5.70. The average Bonchev–Trinajstić information content (AvgIpc) is 2.79. The van der Waals surface area contributed by atoms with Crippen LogP contribution in [0.25, 0.3) is 0 Å². The zero-order valence-corrected chi connectivity index (χ0v) is 24.6. The van der Waals surface area contributed by atoms with Gasteiger partial charge >= 0.3 is 5.97 Å². The third-order valence-electron chi connectivity index (χ3n) is 7.19.